The molecular formula is C11H15ClO4S. The monoisotopic (exact) mass is 278 g/mol. The molecule has 17 heavy (non-hydrogen) atoms. The Morgan fingerprint density at radius 3 is 2.00 bits per heavy atom. The van der Waals surface area contributed by atoms with Crippen molar-refractivity contribution in [1.82, 2.24) is 0 Å². The molecule has 0 aromatic heterocycles. The minimum absolute atomic E-state index is 0.387. The van der Waals surface area contributed by atoms with Gasteiger partial charge in [0.15, 0.2) is 4.90 Å². The second-order valence-electron chi connectivity index (χ2n) is 2.93. The SMILES string of the molecule is C=CC[S+](CC)c1ccccc1.[O-][Cl+3]([O-])([O-])[O-]. The molecule has 1 aromatic rings. The van der Waals surface area contributed by atoms with Crippen LogP contribution in [0, 0.1) is 10.2 Å². The molecule has 0 saturated carbocycles. The van der Waals surface area contributed by atoms with E-state index in [4.69, 9.17) is 18.6 Å². The van der Waals surface area contributed by atoms with Gasteiger partial charge >= 0.3 is 0 Å². The number of benzene rings is 1. The van der Waals surface area contributed by atoms with Gasteiger partial charge in [0.1, 0.15) is 11.5 Å². The molecule has 0 aliphatic carbocycles. The lowest BCUT2D eigenvalue weighted by Crippen LogP contribution is -2.68. The average molecular weight is 279 g/mol. The first kappa shape index (κ1) is 16.4. The van der Waals surface area contributed by atoms with Gasteiger partial charge in [0, 0.05) is 10.9 Å². The van der Waals surface area contributed by atoms with E-state index < -0.39 is 10.2 Å². The predicted molar refractivity (Wildman–Crippen MR) is 57.7 cm³/mol. The van der Waals surface area contributed by atoms with Crippen LogP contribution in [0.15, 0.2) is 47.9 Å². The van der Waals surface area contributed by atoms with Crippen LogP contribution in [0.5, 0.6) is 0 Å². The van der Waals surface area contributed by atoms with Gasteiger partial charge in [-0.3, -0.25) is 0 Å². The van der Waals surface area contributed by atoms with Gasteiger partial charge in [-0.1, -0.05) is 24.8 Å². The van der Waals surface area contributed by atoms with Crippen LogP contribution >= 0.6 is 0 Å². The Hall–Kier alpha value is -0.560. The lowest BCUT2D eigenvalue weighted by molar-refractivity contribution is -2.00. The molecule has 6 heteroatoms. The van der Waals surface area contributed by atoms with Crippen LogP contribution in [-0.4, -0.2) is 11.5 Å². The maximum atomic E-state index is 8.49. The molecule has 0 heterocycles. The number of hydrogen-bond acceptors (Lipinski definition) is 4. The van der Waals surface area contributed by atoms with Gasteiger partial charge in [0.25, 0.3) is 0 Å². The van der Waals surface area contributed by atoms with E-state index in [-0.39, 0.29) is 0 Å². The Morgan fingerprint density at radius 1 is 1.18 bits per heavy atom. The Bertz CT molecular complexity index is 307. The van der Waals surface area contributed by atoms with Gasteiger partial charge in [0.2, 0.25) is 0 Å². The zero-order valence-corrected chi connectivity index (χ0v) is 11.1. The molecule has 1 atom stereocenters. The van der Waals surface area contributed by atoms with Crippen molar-refractivity contribution in [3.8, 4) is 0 Å². The Morgan fingerprint density at radius 2 is 1.65 bits per heavy atom. The molecule has 0 aliphatic heterocycles. The first-order chi connectivity index (χ1) is 7.88. The van der Waals surface area contributed by atoms with Crippen molar-refractivity contribution in [3.63, 3.8) is 0 Å². The molecule has 0 aliphatic rings. The molecule has 0 fully saturated rings. The molecule has 0 bridgehead atoms. The van der Waals surface area contributed by atoms with E-state index in [9.17, 15) is 0 Å². The lowest BCUT2D eigenvalue weighted by atomic mass is 10.4. The Labute approximate surface area is 106 Å². The Kier molecular flexibility index (Phi) is 8.24. The maximum absolute atomic E-state index is 8.49. The van der Waals surface area contributed by atoms with E-state index in [2.05, 4.69) is 43.8 Å². The van der Waals surface area contributed by atoms with E-state index in [1.54, 1.807) is 0 Å². The summed E-state index contributed by atoms with van der Waals surface area (Å²) in [6.45, 7) is 6.02. The molecule has 0 spiro atoms. The van der Waals surface area contributed by atoms with Crippen LogP contribution in [0.4, 0.5) is 0 Å². The van der Waals surface area contributed by atoms with E-state index in [0.29, 0.717) is 10.9 Å². The fraction of sp³-hybridized carbons (Fsp3) is 0.273. The zero-order valence-electron chi connectivity index (χ0n) is 9.50. The molecule has 1 rings (SSSR count). The van der Waals surface area contributed by atoms with Crippen LogP contribution in [0.3, 0.4) is 0 Å². The van der Waals surface area contributed by atoms with Crippen molar-refractivity contribution in [3.05, 3.63) is 43.0 Å². The van der Waals surface area contributed by atoms with Crippen LogP contribution < -0.4 is 18.6 Å². The first-order valence-corrected chi connectivity index (χ1v) is 7.63. The average Bonchev–Trinajstić information content (AvgIpc) is 2.25. The van der Waals surface area contributed by atoms with E-state index in [0.717, 1.165) is 5.75 Å². The van der Waals surface area contributed by atoms with Crippen molar-refractivity contribution in [2.45, 2.75) is 11.8 Å². The smallest absolute Gasteiger partial charge is 0.155 e. The zero-order chi connectivity index (χ0) is 13.3. The summed E-state index contributed by atoms with van der Waals surface area (Å²) in [6, 6.07) is 10.7. The molecule has 4 nitrogen and oxygen atoms in total. The summed E-state index contributed by atoms with van der Waals surface area (Å²) in [5.41, 5.74) is 0. The van der Waals surface area contributed by atoms with Crippen LogP contribution in [-0.2, 0) is 10.9 Å². The highest BCUT2D eigenvalue weighted by Gasteiger charge is 2.15. The van der Waals surface area contributed by atoms with Crippen molar-refractivity contribution in [1.29, 1.82) is 0 Å². The van der Waals surface area contributed by atoms with Crippen molar-refractivity contribution in [2.75, 3.05) is 11.5 Å². The maximum Gasteiger partial charge on any atom is 0.155 e. The molecule has 0 saturated heterocycles. The minimum Gasteiger partial charge on any atom is -0.222 e. The molecule has 0 radical (unpaired) electrons. The topological polar surface area (TPSA) is 92.2 Å². The third kappa shape index (κ3) is 10.3. The van der Waals surface area contributed by atoms with Crippen molar-refractivity contribution >= 4 is 10.9 Å². The standard InChI is InChI=1S/C11H15S.ClHO4/c1-3-10-12(4-2)11-8-6-5-7-9-11;2-1(3,4)5/h3,5-9H,1,4,10H2,2H3;(H,2,3,4,5)/q+1;/p-1. The highest BCUT2D eigenvalue weighted by molar-refractivity contribution is 7.97. The quantitative estimate of drug-likeness (QED) is 0.476. The largest absolute Gasteiger partial charge is 0.222 e. The number of rotatable bonds is 4. The highest BCUT2D eigenvalue weighted by atomic mass is 35.7. The summed E-state index contributed by atoms with van der Waals surface area (Å²) in [6.07, 6.45) is 2.01. The summed E-state index contributed by atoms with van der Waals surface area (Å²) < 4.78 is 34.0. The minimum atomic E-state index is -4.94. The third-order valence-corrected chi connectivity index (χ3v) is 4.02. The second-order valence-corrected chi connectivity index (χ2v) is 6.05. The second kappa shape index (κ2) is 8.52. The van der Waals surface area contributed by atoms with E-state index in [1.165, 1.54) is 10.6 Å². The van der Waals surface area contributed by atoms with Crippen molar-refractivity contribution < 1.29 is 28.9 Å². The fourth-order valence-electron chi connectivity index (χ4n) is 1.14. The van der Waals surface area contributed by atoms with Gasteiger partial charge in [0.05, 0.1) is 0 Å². The molecule has 1 aromatic carbocycles. The van der Waals surface area contributed by atoms with Crippen LogP contribution in [0.2, 0.25) is 0 Å². The predicted octanol–water partition coefficient (Wildman–Crippen LogP) is -1.89. The lowest BCUT2D eigenvalue weighted by Gasteiger charge is -2.17. The van der Waals surface area contributed by atoms with Crippen LogP contribution in [0.1, 0.15) is 6.92 Å². The molecule has 0 N–H and O–H groups in total. The summed E-state index contributed by atoms with van der Waals surface area (Å²) in [5, 5.41) is 0. The Balaban J connectivity index is 0.000000437. The molecule has 1 unspecified atom stereocenters. The summed E-state index contributed by atoms with van der Waals surface area (Å²) in [4.78, 5) is 1.46. The first-order valence-electron chi connectivity index (χ1n) is 4.83. The van der Waals surface area contributed by atoms with Crippen molar-refractivity contribution in [2.24, 2.45) is 0 Å². The van der Waals surface area contributed by atoms with E-state index >= 15 is 0 Å². The fourth-order valence-corrected chi connectivity index (χ4v) is 2.72. The number of halogens is 1. The van der Waals surface area contributed by atoms with Crippen LogP contribution in [0.25, 0.3) is 0 Å². The van der Waals surface area contributed by atoms with E-state index in [1.807, 2.05) is 6.08 Å². The normalized spacial score (nSPS) is 12.3. The number of hydrogen-bond donors (Lipinski definition) is 0. The molecule has 0 amide bonds. The van der Waals surface area contributed by atoms with Gasteiger partial charge in [-0.05, 0) is 25.1 Å². The van der Waals surface area contributed by atoms with Gasteiger partial charge < -0.3 is 0 Å². The van der Waals surface area contributed by atoms with Gasteiger partial charge in [-0.2, -0.15) is 0 Å². The summed E-state index contributed by atoms with van der Waals surface area (Å²) in [7, 11) is -4.56. The highest BCUT2D eigenvalue weighted by Crippen LogP contribution is 2.13. The summed E-state index contributed by atoms with van der Waals surface area (Å²) >= 11 is 0. The molecule has 96 valence electrons. The summed E-state index contributed by atoms with van der Waals surface area (Å²) in [5.74, 6) is 2.33. The third-order valence-electron chi connectivity index (χ3n) is 1.74. The molecular weight excluding hydrogens is 264 g/mol. The van der Waals surface area contributed by atoms with Gasteiger partial charge in [-0.25, -0.2) is 18.6 Å². The van der Waals surface area contributed by atoms with Gasteiger partial charge in [-0.15, -0.1) is 10.2 Å².